The Morgan fingerprint density at radius 1 is 1.00 bits per heavy atom. The topological polar surface area (TPSA) is 69.7 Å². The van der Waals surface area contributed by atoms with Crippen molar-refractivity contribution < 1.29 is 23.9 Å². The SMILES string of the molecule is COC(=O)C(=O)CC(CCC(C)C)C(=O)OC. The van der Waals surface area contributed by atoms with Gasteiger partial charge in [-0.05, 0) is 12.3 Å². The zero-order valence-electron chi connectivity index (χ0n) is 10.8. The highest BCUT2D eigenvalue weighted by Gasteiger charge is 2.26. The number of ether oxygens (including phenoxy) is 2. The Morgan fingerprint density at radius 3 is 2.00 bits per heavy atom. The van der Waals surface area contributed by atoms with Crippen molar-refractivity contribution in [1.29, 1.82) is 0 Å². The van der Waals surface area contributed by atoms with E-state index in [1.807, 2.05) is 13.8 Å². The number of carbonyl (C=O) groups excluding carboxylic acids is 3. The maximum absolute atomic E-state index is 11.4. The Morgan fingerprint density at radius 2 is 1.59 bits per heavy atom. The smallest absolute Gasteiger partial charge is 0.374 e. The molecule has 0 aromatic carbocycles. The minimum Gasteiger partial charge on any atom is -0.469 e. The van der Waals surface area contributed by atoms with E-state index in [4.69, 9.17) is 0 Å². The molecule has 0 aromatic rings. The Labute approximate surface area is 101 Å². The second-order valence-electron chi connectivity index (χ2n) is 4.31. The Kier molecular flexibility index (Phi) is 7.18. The van der Waals surface area contributed by atoms with Crippen LogP contribution in [-0.2, 0) is 23.9 Å². The summed E-state index contributed by atoms with van der Waals surface area (Å²) in [5.74, 6) is -2.19. The van der Waals surface area contributed by atoms with Crippen LogP contribution in [0.1, 0.15) is 33.1 Å². The van der Waals surface area contributed by atoms with E-state index in [9.17, 15) is 14.4 Å². The molecular formula is C12H20O5. The molecule has 0 saturated heterocycles. The molecule has 0 aliphatic carbocycles. The summed E-state index contributed by atoms with van der Waals surface area (Å²) in [5.41, 5.74) is 0. The molecular weight excluding hydrogens is 224 g/mol. The highest BCUT2D eigenvalue weighted by Crippen LogP contribution is 2.17. The summed E-state index contributed by atoms with van der Waals surface area (Å²) in [6.07, 6.45) is 1.19. The van der Waals surface area contributed by atoms with Crippen LogP contribution in [-0.4, -0.2) is 31.9 Å². The first-order valence-electron chi connectivity index (χ1n) is 5.61. The average molecular weight is 244 g/mol. The molecule has 0 aliphatic heterocycles. The Balaban J connectivity index is 4.43. The van der Waals surface area contributed by atoms with Crippen LogP contribution < -0.4 is 0 Å². The number of hydrogen-bond acceptors (Lipinski definition) is 5. The van der Waals surface area contributed by atoms with Gasteiger partial charge in [0.25, 0.3) is 0 Å². The zero-order chi connectivity index (χ0) is 13.4. The van der Waals surface area contributed by atoms with E-state index in [-0.39, 0.29) is 6.42 Å². The summed E-state index contributed by atoms with van der Waals surface area (Å²) in [7, 11) is 2.41. The van der Waals surface area contributed by atoms with Crippen molar-refractivity contribution >= 4 is 17.7 Å². The maximum atomic E-state index is 11.4. The fourth-order valence-electron chi connectivity index (χ4n) is 1.43. The minimum absolute atomic E-state index is 0.147. The first-order valence-corrected chi connectivity index (χ1v) is 5.61. The summed E-state index contributed by atoms with van der Waals surface area (Å²) in [5, 5.41) is 0. The molecule has 0 radical (unpaired) electrons. The molecule has 17 heavy (non-hydrogen) atoms. The molecule has 98 valence electrons. The first kappa shape index (κ1) is 15.6. The highest BCUT2D eigenvalue weighted by atomic mass is 16.5. The summed E-state index contributed by atoms with van der Waals surface area (Å²) >= 11 is 0. The average Bonchev–Trinajstić information content (AvgIpc) is 2.31. The molecule has 1 unspecified atom stereocenters. The third kappa shape index (κ3) is 6.04. The van der Waals surface area contributed by atoms with Crippen molar-refractivity contribution in [3.05, 3.63) is 0 Å². The molecule has 0 N–H and O–H groups in total. The molecule has 0 amide bonds. The van der Waals surface area contributed by atoms with Crippen LogP contribution in [0, 0.1) is 11.8 Å². The quantitative estimate of drug-likeness (QED) is 0.499. The number of esters is 2. The summed E-state index contributed by atoms with van der Waals surface area (Å²) in [6, 6.07) is 0. The van der Waals surface area contributed by atoms with E-state index in [1.165, 1.54) is 7.11 Å². The second-order valence-corrected chi connectivity index (χ2v) is 4.31. The third-order valence-electron chi connectivity index (χ3n) is 2.47. The predicted molar refractivity (Wildman–Crippen MR) is 61.2 cm³/mol. The van der Waals surface area contributed by atoms with Crippen LogP contribution >= 0.6 is 0 Å². The maximum Gasteiger partial charge on any atom is 0.374 e. The number of hydrogen-bond donors (Lipinski definition) is 0. The van der Waals surface area contributed by atoms with Crippen LogP contribution in [0.5, 0.6) is 0 Å². The fourth-order valence-corrected chi connectivity index (χ4v) is 1.43. The Bertz CT molecular complexity index is 283. The molecule has 5 heteroatoms. The molecule has 0 fully saturated rings. The van der Waals surface area contributed by atoms with Crippen LogP contribution in [0.3, 0.4) is 0 Å². The van der Waals surface area contributed by atoms with Gasteiger partial charge in [-0.25, -0.2) is 4.79 Å². The summed E-state index contributed by atoms with van der Waals surface area (Å²) in [6.45, 7) is 4.05. The van der Waals surface area contributed by atoms with E-state index in [2.05, 4.69) is 9.47 Å². The summed E-state index contributed by atoms with van der Waals surface area (Å²) in [4.78, 5) is 33.8. The molecule has 0 spiro atoms. The lowest BCUT2D eigenvalue weighted by Crippen LogP contribution is -2.25. The monoisotopic (exact) mass is 244 g/mol. The Hall–Kier alpha value is -1.39. The van der Waals surface area contributed by atoms with Gasteiger partial charge in [-0.15, -0.1) is 0 Å². The molecule has 0 aromatic heterocycles. The number of rotatable bonds is 7. The van der Waals surface area contributed by atoms with Crippen molar-refractivity contribution in [2.24, 2.45) is 11.8 Å². The third-order valence-corrected chi connectivity index (χ3v) is 2.47. The van der Waals surface area contributed by atoms with Crippen LogP contribution in [0.25, 0.3) is 0 Å². The number of Topliss-reactive ketones (excluding diaryl/α,β-unsaturated/α-hetero) is 1. The van der Waals surface area contributed by atoms with Gasteiger partial charge in [0, 0.05) is 6.42 Å². The van der Waals surface area contributed by atoms with Gasteiger partial charge in [-0.3, -0.25) is 9.59 Å². The number of methoxy groups -OCH3 is 2. The van der Waals surface area contributed by atoms with Gasteiger partial charge in [0.05, 0.1) is 20.1 Å². The second kappa shape index (κ2) is 7.81. The van der Waals surface area contributed by atoms with Crippen molar-refractivity contribution in [2.45, 2.75) is 33.1 Å². The van der Waals surface area contributed by atoms with Gasteiger partial charge in [0.1, 0.15) is 0 Å². The van der Waals surface area contributed by atoms with E-state index in [1.54, 1.807) is 0 Å². The molecule has 5 nitrogen and oxygen atoms in total. The lowest BCUT2D eigenvalue weighted by atomic mass is 9.93. The minimum atomic E-state index is -0.913. The van der Waals surface area contributed by atoms with Gasteiger partial charge in [-0.2, -0.15) is 0 Å². The van der Waals surface area contributed by atoms with Crippen molar-refractivity contribution in [2.75, 3.05) is 14.2 Å². The van der Waals surface area contributed by atoms with Crippen LogP contribution in [0.4, 0.5) is 0 Å². The van der Waals surface area contributed by atoms with Crippen LogP contribution in [0.2, 0.25) is 0 Å². The molecule has 0 rings (SSSR count). The standard InChI is InChI=1S/C12H20O5/c1-8(2)5-6-9(11(14)16-3)7-10(13)12(15)17-4/h8-9H,5-7H2,1-4H3. The van der Waals surface area contributed by atoms with E-state index < -0.39 is 23.6 Å². The lowest BCUT2D eigenvalue weighted by Gasteiger charge is -2.14. The zero-order valence-corrected chi connectivity index (χ0v) is 10.8. The number of ketones is 1. The fraction of sp³-hybridized carbons (Fsp3) is 0.750. The van der Waals surface area contributed by atoms with Crippen molar-refractivity contribution in [1.82, 2.24) is 0 Å². The van der Waals surface area contributed by atoms with Gasteiger partial charge in [0.2, 0.25) is 5.78 Å². The first-order chi connectivity index (χ1) is 7.92. The highest BCUT2D eigenvalue weighted by molar-refractivity contribution is 6.33. The number of carbonyl (C=O) groups is 3. The van der Waals surface area contributed by atoms with Crippen molar-refractivity contribution in [3.63, 3.8) is 0 Å². The predicted octanol–water partition coefficient (Wildman–Crippen LogP) is 1.34. The molecule has 1 atom stereocenters. The van der Waals surface area contributed by atoms with Gasteiger partial charge < -0.3 is 9.47 Å². The van der Waals surface area contributed by atoms with Crippen molar-refractivity contribution in [3.8, 4) is 0 Å². The van der Waals surface area contributed by atoms with Gasteiger partial charge in [0.15, 0.2) is 0 Å². The van der Waals surface area contributed by atoms with E-state index >= 15 is 0 Å². The van der Waals surface area contributed by atoms with Gasteiger partial charge in [-0.1, -0.05) is 20.3 Å². The molecule has 0 bridgehead atoms. The molecule has 0 saturated carbocycles. The largest absolute Gasteiger partial charge is 0.469 e. The lowest BCUT2D eigenvalue weighted by molar-refractivity contribution is -0.154. The summed E-state index contributed by atoms with van der Waals surface area (Å²) < 4.78 is 8.93. The normalized spacial score (nSPS) is 12.1. The molecule has 0 heterocycles. The van der Waals surface area contributed by atoms with Gasteiger partial charge >= 0.3 is 11.9 Å². The van der Waals surface area contributed by atoms with E-state index in [0.29, 0.717) is 12.3 Å². The van der Waals surface area contributed by atoms with E-state index in [0.717, 1.165) is 13.5 Å². The molecule has 0 aliphatic rings. The van der Waals surface area contributed by atoms with Crippen LogP contribution in [0.15, 0.2) is 0 Å².